The first-order chi connectivity index (χ1) is 6.65. The summed E-state index contributed by atoms with van der Waals surface area (Å²) in [7, 11) is 0. The van der Waals surface area contributed by atoms with Gasteiger partial charge in [-0.3, -0.25) is 4.79 Å². The van der Waals surface area contributed by atoms with Crippen LogP contribution < -0.4 is 4.74 Å². The Bertz CT molecular complexity index is 321. The molecule has 0 atom stereocenters. The van der Waals surface area contributed by atoms with Crippen LogP contribution in [0.5, 0.6) is 5.75 Å². The van der Waals surface area contributed by atoms with E-state index >= 15 is 0 Å². The molecule has 0 spiro atoms. The zero-order valence-corrected chi connectivity index (χ0v) is 9.87. The number of halogens is 1. The zero-order chi connectivity index (χ0) is 10.6. The lowest BCUT2D eigenvalue weighted by molar-refractivity contribution is -0.109. The molecule has 0 aliphatic rings. The second-order valence-electron chi connectivity index (χ2n) is 3.31. The summed E-state index contributed by atoms with van der Waals surface area (Å²) < 4.78 is 6.34. The summed E-state index contributed by atoms with van der Waals surface area (Å²) in [6, 6.07) is 5.81. The second kappa shape index (κ2) is 5.15. The summed E-state index contributed by atoms with van der Waals surface area (Å²) >= 11 is 3.41. The van der Waals surface area contributed by atoms with Gasteiger partial charge in [-0.15, -0.1) is 0 Å². The smallest absolute Gasteiger partial charge is 0.157 e. The van der Waals surface area contributed by atoms with Gasteiger partial charge < -0.3 is 4.74 Å². The van der Waals surface area contributed by atoms with Gasteiger partial charge in [-0.25, -0.2) is 0 Å². The van der Waals surface area contributed by atoms with Crippen LogP contribution in [-0.2, 0) is 4.79 Å². The summed E-state index contributed by atoms with van der Waals surface area (Å²) in [6.07, 6.45) is 0.756. The van der Waals surface area contributed by atoms with Crippen LogP contribution >= 0.6 is 15.9 Å². The van der Waals surface area contributed by atoms with Crippen molar-refractivity contribution >= 4 is 22.2 Å². The number of aldehydes is 1. The van der Waals surface area contributed by atoms with E-state index in [1.54, 1.807) is 0 Å². The van der Waals surface area contributed by atoms with Crippen molar-refractivity contribution in [2.24, 2.45) is 0 Å². The van der Waals surface area contributed by atoms with Gasteiger partial charge in [-0.2, -0.15) is 0 Å². The van der Waals surface area contributed by atoms with E-state index < -0.39 is 0 Å². The fourth-order valence-electron chi connectivity index (χ4n) is 1.23. The Hall–Kier alpha value is -0.830. The van der Waals surface area contributed by atoms with Gasteiger partial charge in [-0.05, 0) is 29.7 Å². The van der Waals surface area contributed by atoms with Crippen LogP contribution in [0.1, 0.15) is 25.3 Å². The molecule has 1 aromatic rings. The highest BCUT2D eigenvalue weighted by molar-refractivity contribution is 9.10. The van der Waals surface area contributed by atoms with Gasteiger partial charge in [0.15, 0.2) is 6.29 Å². The minimum Gasteiger partial charge on any atom is -0.486 e. The van der Waals surface area contributed by atoms with E-state index in [2.05, 4.69) is 29.8 Å². The number of carbonyl (C=O) groups is 1. The highest BCUT2D eigenvalue weighted by atomic mass is 79.9. The van der Waals surface area contributed by atoms with Crippen LogP contribution in [0.3, 0.4) is 0 Å². The van der Waals surface area contributed by atoms with E-state index in [1.807, 2.05) is 18.2 Å². The van der Waals surface area contributed by atoms with Gasteiger partial charge in [0, 0.05) is 4.47 Å². The van der Waals surface area contributed by atoms with Crippen LogP contribution in [0.25, 0.3) is 0 Å². The molecule has 0 fully saturated rings. The summed E-state index contributed by atoms with van der Waals surface area (Å²) in [4.78, 5) is 10.2. The molecule has 0 aromatic heterocycles. The van der Waals surface area contributed by atoms with Crippen molar-refractivity contribution in [3.63, 3.8) is 0 Å². The number of rotatable bonds is 4. The maximum Gasteiger partial charge on any atom is 0.157 e. The van der Waals surface area contributed by atoms with Gasteiger partial charge in [0.2, 0.25) is 0 Å². The number of carbonyl (C=O) groups excluding carboxylic acids is 1. The summed E-state index contributed by atoms with van der Waals surface area (Å²) in [5.74, 6) is 1.17. The Labute approximate surface area is 92.4 Å². The third-order valence-electron chi connectivity index (χ3n) is 1.90. The largest absolute Gasteiger partial charge is 0.486 e. The van der Waals surface area contributed by atoms with Crippen LogP contribution in [0.15, 0.2) is 22.7 Å². The minimum atomic E-state index is 0.112. The van der Waals surface area contributed by atoms with Crippen LogP contribution in [-0.4, -0.2) is 12.9 Å². The van der Waals surface area contributed by atoms with Crippen molar-refractivity contribution < 1.29 is 9.53 Å². The molecule has 14 heavy (non-hydrogen) atoms. The zero-order valence-electron chi connectivity index (χ0n) is 8.29. The fraction of sp³-hybridized carbons (Fsp3) is 0.364. The van der Waals surface area contributed by atoms with Gasteiger partial charge in [0.05, 0.1) is 0 Å². The molecule has 76 valence electrons. The number of benzene rings is 1. The molecule has 1 aromatic carbocycles. The molecule has 3 heteroatoms. The Kier molecular flexibility index (Phi) is 4.14. The molecular formula is C11H13BrO2. The van der Waals surface area contributed by atoms with Gasteiger partial charge in [-0.1, -0.05) is 29.8 Å². The molecule has 0 saturated carbocycles. The van der Waals surface area contributed by atoms with Crippen molar-refractivity contribution in [3.05, 3.63) is 28.2 Å². The molecule has 0 saturated heterocycles. The Morgan fingerprint density at radius 1 is 1.50 bits per heavy atom. The maximum absolute atomic E-state index is 10.2. The molecule has 0 amide bonds. The van der Waals surface area contributed by atoms with Crippen molar-refractivity contribution in [3.8, 4) is 5.75 Å². The molecule has 2 nitrogen and oxygen atoms in total. The first-order valence-corrected chi connectivity index (χ1v) is 5.30. The molecular weight excluding hydrogens is 244 g/mol. The summed E-state index contributed by atoms with van der Waals surface area (Å²) in [5, 5.41) is 0. The van der Waals surface area contributed by atoms with E-state index in [4.69, 9.17) is 4.74 Å². The second-order valence-corrected chi connectivity index (χ2v) is 4.23. The first kappa shape index (κ1) is 11.2. The van der Waals surface area contributed by atoms with Crippen LogP contribution in [0.4, 0.5) is 0 Å². The van der Waals surface area contributed by atoms with Crippen molar-refractivity contribution in [1.29, 1.82) is 0 Å². The third kappa shape index (κ3) is 2.84. The quantitative estimate of drug-likeness (QED) is 0.774. The lowest BCUT2D eigenvalue weighted by Gasteiger charge is -2.12. The highest BCUT2D eigenvalue weighted by Crippen LogP contribution is 2.29. The molecule has 0 bridgehead atoms. The topological polar surface area (TPSA) is 26.3 Å². The Morgan fingerprint density at radius 3 is 2.79 bits per heavy atom. The average molecular weight is 257 g/mol. The number of hydrogen-bond donors (Lipinski definition) is 0. The van der Waals surface area contributed by atoms with Crippen molar-refractivity contribution in [2.75, 3.05) is 6.61 Å². The summed E-state index contributed by atoms with van der Waals surface area (Å²) in [6.45, 7) is 4.30. The molecule has 0 aliphatic carbocycles. The lowest BCUT2D eigenvalue weighted by atomic mass is 10.0. The lowest BCUT2D eigenvalue weighted by Crippen LogP contribution is -2.01. The minimum absolute atomic E-state index is 0.112. The van der Waals surface area contributed by atoms with Crippen molar-refractivity contribution in [1.82, 2.24) is 0 Å². The molecule has 0 N–H and O–H groups in total. The SMILES string of the molecule is CC(C)c1cc(Br)ccc1OCC=O. The van der Waals surface area contributed by atoms with E-state index in [-0.39, 0.29) is 6.61 Å². The van der Waals surface area contributed by atoms with Crippen molar-refractivity contribution in [2.45, 2.75) is 19.8 Å². The molecule has 1 rings (SSSR count). The fourth-order valence-corrected chi connectivity index (χ4v) is 1.60. The predicted octanol–water partition coefficient (Wildman–Crippen LogP) is 3.15. The van der Waals surface area contributed by atoms with Gasteiger partial charge in [0.25, 0.3) is 0 Å². The van der Waals surface area contributed by atoms with E-state index in [9.17, 15) is 4.79 Å². The van der Waals surface area contributed by atoms with E-state index in [0.29, 0.717) is 5.92 Å². The first-order valence-electron chi connectivity index (χ1n) is 4.51. The molecule has 0 radical (unpaired) electrons. The van der Waals surface area contributed by atoms with E-state index in [0.717, 1.165) is 22.1 Å². The molecule has 0 unspecified atom stereocenters. The maximum atomic E-state index is 10.2. The number of ether oxygens (including phenoxy) is 1. The predicted molar refractivity (Wildman–Crippen MR) is 59.8 cm³/mol. The normalized spacial score (nSPS) is 10.3. The molecule has 0 heterocycles. The molecule has 0 aliphatic heterocycles. The third-order valence-corrected chi connectivity index (χ3v) is 2.39. The monoisotopic (exact) mass is 256 g/mol. The Balaban J connectivity index is 2.95. The average Bonchev–Trinajstić information content (AvgIpc) is 2.15. The highest BCUT2D eigenvalue weighted by Gasteiger charge is 2.07. The van der Waals surface area contributed by atoms with Gasteiger partial charge >= 0.3 is 0 Å². The Morgan fingerprint density at radius 2 is 2.21 bits per heavy atom. The summed E-state index contributed by atoms with van der Waals surface area (Å²) in [5.41, 5.74) is 1.11. The number of hydrogen-bond acceptors (Lipinski definition) is 2. The van der Waals surface area contributed by atoms with Gasteiger partial charge in [0.1, 0.15) is 12.4 Å². The van der Waals surface area contributed by atoms with Crippen LogP contribution in [0, 0.1) is 0 Å². The van der Waals surface area contributed by atoms with Crippen LogP contribution in [0.2, 0.25) is 0 Å². The standard InChI is InChI=1S/C11H13BrO2/c1-8(2)10-7-9(12)3-4-11(10)14-6-5-13/h3-5,7-8H,6H2,1-2H3. The van der Waals surface area contributed by atoms with E-state index in [1.165, 1.54) is 0 Å².